The highest BCUT2D eigenvalue weighted by Crippen LogP contribution is 2.50. The molecule has 3 rings (SSSR count). The Morgan fingerprint density at radius 3 is 2.67 bits per heavy atom. The second-order valence-electron chi connectivity index (χ2n) is 4.25. The van der Waals surface area contributed by atoms with E-state index in [0.29, 0.717) is 0 Å². The van der Waals surface area contributed by atoms with E-state index in [-0.39, 0.29) is 5.41 Å². The van der Waals surface area contributed by atoms with Crippen LogP contribution in [0.1, 0.15) is 24.2 Å². The number of para-hydroxylation sites is 1. The second kappa shape index (κ2) is 2.64. The number of furan rings is 1. The van der Waals surface area contributed by atoms with E-state index in [1.165, 1.54) is 0 Å². The molecule has 1 aliphatic rings. The minimum absolute atomic E-state index is 0.316. The third-order valence-corrected chi connectivity index (χ3v) is 3.24. The van der Waals surface area contributed by atoms with Gasteiger partial charge in [0, 0.05) is 10.9 Å². The summed E-state index contributed by atoms with van der Waals surface area (Å²) in [5.41, 5.74) is 1.71. The van der Waals surface area contributed by atoms with E-state index in [2.05, 4.69) is 6.07 Å². The summed E-state index contributed by atoms with van der Waals surface area (Å²) in [7, 11) is 0. The van der Waals surface area contributed by atoms with Gasteiger partial charge in [-0.1, -0.05) is 18.2 Å². The molecular weight excluding hydrogens is 186 g/mol. The Morgan fingerprint density at radius 2 is 2.07 bits per heavy atom. The summed E-state index contributed by atoms with van der Waals surface area (Å²) in [5, 5.41) is 10.3. The number of hydrogen-bond acceptors (Lipinski definition) is 2. The predicted molar refractivity (Wildman–Crippen MR) is 57.5 cm³/mol. The molecule has 1 saturated carbocycles. The van der Waals surface area contributed by atoms with Gasteiger partial charge in [0.05, 0.1) is 6.07 Å². The first kappa shape index (κ1) is 8.55. The molecule has 0 bridgehead atoms. The van der Waals surface area contributed by atoms with Crippen molar-refractivity contribution in [3.05, 3.63) is 35.6 Å². The molecule has 2 aromatic rings. The minimum atomic E-state index is -0.316. The quantitative estimate of drug-likeness (QED) is 0.703. The van der Waals surface area contributed by atoms with Crippen LogP contribution in [-0.2, 0) is 5.41 Å². The van der Waals surface area contributed by atoms with Crippen LogP contribution < -0.4 is 0 Å². The van der Waals surface area contributed by atoms with E-state index in [4.69, 9.17) is 9.68 Å². The van der Waals surface area contributed by atoms with Crippen molar-refractivity contribution in [1.29, 1.82) is 5.26 Å². The Bertz CT molecular complexity index is 570. The zero-order valence-corrected chi connectivity index (χ0v) is 8.58. The maximum atomic E-state index is 9.15. The van der Waals surface area contributed by atoms with Gasteiger partial charge in [-0.3, -0.25) is 0 Å². The lowest BCUT2D eigenvalue weighted by Gasteiger charge is -2.01. The molecule has 15 heavy (non-hydrogen) atoms. The Hall–Kier alpha value is -1.75. The number of nitrogens with zero attached hydrogens (tertiary/aromatic N) is 1. The van der Waals surface area contributed by atoms with Crippen LogP contribution in [-0.4, -0.2) is 0 Å². The van der Waals surface area contributed by atoms with Crippen molar-refractivity contribution in [1.82, 2.24) is 0 Å². The third-order valence-electron chi connectivity index (χ3n) is 3.24. The van der Waals surface area contributed by atoms with E-state index < -0.39 is 0 Å². The highest BCUT2D eigenvalue weighted by Gasteiger charge is 2.49. The molecule has 2 nitrogen and oxygen atoms in total. The molecule has 1 aromatic carbocycles. The van der Waals surface area contributed by atoms with E-state index in [0.717, 1.165) is 35.1 Å². The summed E-state index contributed by atoms with van der Waals surface area (Å²) >= 11 is 0. The van der Waals surface area contributed by atoms with Gasteiger partial charge in [-0.25, -0.2) is 0 Å². The molecule has 0 saturated heterocycles. The molecule has 1 aliphatic carbocycles. The first-order chi connectivity index (χ1) is 7.27. The van der Waals surface area contributed by atoms with E-state index >= 15 is 0 Å². The van der Waals surface area contributed by atoms with Crippen molar-refractivity contribution in [3.8, 4) is 6.07 Å². The smallest absolute Gasteiger partial charge is 0.134 e. The topological polar surface area (TPSA) is 36.9 Å². The van der Waals surface area contributed by atoms with Crippen LogP contribution in [0, 0.1) is 18.3 Å². The number of hydrogen-bond donors (Lipinski definition) is 0. The van der Waals surface area contributed by atoms with Gasteiger partial charge in [-0.2, -0.15) is 5.26 Å². The predicted octanol–water partition coefficient (Wildman–Crippen LogP) is 3.30. The van der Waals surface area contributed by atoms with Gasteiger partial charge in [0.15, 0.2) is 0 Å². The lowest BCUT2D eigenvalue weighted by molar-refractivity contribution is 0.519. The van der Waals surface area contributed by atoms with Gasteiger partial charge >= 0.3 is 0 Å². The first-order valence-corrected chi connectivity index (χ1v) is 5.17. The maximum Gasteiger partial charge on any atom is 0.134 e. The van der Waals surface area contributed by atoms with Crippen molar-refractivity contribution in [3.63, 3.8) is 0 Å². The number of rotatable bonds is 1. The Morgan fingerprint density at radius 1 is 1.33 bits per heavy atom. The molecule has 2 heteroatoms. The Kier molecular flexibility index (Phi) is 1.50. The van der Waals surface area contributed by atoms with Crippen molar-refractivity contribution < 1.29 is 4.42 Å². The van der Waals surface area contributed by atoms with Crippen molar-refractivity contribution in [2.24, 2.45) is 0 Å². The molecule has 0 aliphatic heterocycles. The molecule has 0 radical (unpaired) electrons. The summed E-state index contributed by atoms with van der Waals surface area (Å²) < 4.78 is 5.79. The summed E-state index contributed by atoms with van der Waals surface area (Å²) in [4.78, 5) is 0. The Labute approximate surface area is 88.1 Å². The fourth-order valence-electron chi connectivity index (χ4n) is 2.15. The van der Waals surface area contributed by atoms with Gasteiger partial charge in [0.25, 0.3) is 0 Å². The second-order valence-corrected chi connectivity index (χ2v) is 4.25. The van der Waals surface area contributed by atoms with Crippen molar-refractivity contribution in [2.45, 2.75) is 25.2 Å². The molecular formula is C13H11NO. The maximum absolute atomic E-state index is 9.15. The zero-order chi connectivity index (χ0) is 10.5. The lowest BCUT2D eigenvalue weighted by Crippen LogP contribution is -2.01. The fourth-order valence-corrected chi connectivity index (χ4v) is 2.15. The molecule has 0 atom stereocenters. The van der Waals surface area contributed by atoms with Crippen LogP contribution in [0.4, 0.5) is 0 Å². The summed E-state index contributed by atoms with van der Waals surface area (Å²) in [6.07, 6.45) is 1.87. The lowest BCUT2D eigenvalue weighted by atomic mass is 10.0. The third kappa shape index (κ3) is 1.04. The van der Waals surface area contributed by atoms with Gasteiger partial charge < -0.3 is 4.42 Å². The normalized spacial score (nSPS) is 17.6. The number of benzene rings is 1. The van der Waals surface area contributed by atoms with Crippen LogP contribution in [0.2, 0.25) is 0 Å². The number of fused-ring (bicyclic) bond motifs is 1. The largest absolute Gasteiger partial charge is 0.459 e. The SMILES string of the molecule is Cc1c(C2(C#N)CC2)oc2ccccc12. The summed E-state index contributed by atoms with van der Waals surface area (Å²) in [5.74, 6) is 0.881. The monoisotopic (exact) mass is 197 g/mol. The van der Waals surface area contributed by atoms with E-state index in [9.17, 15) is 0 Å². The minimum Gasteiger partial charge on any atom is -0.459 e. The van der Waals surface area contributed by atoms with Crippen LogP contribution in [0.15, 0.2) is 28.7 Å². The van der Waals surface area contributed by atoms with Gasteiger partial charge in [0.1, 0.15) is 16.8 Å². The Balaban J connectivity index is 2.30. The average Bonchev–Trinajstić information content (AvgIpc) is 3.00. The van der Waals surface area contributed by atoms with E-state index in [1.54, 1.807) is 0 Å². The van der Waals surface area contributed by atoms with Gasteiger partial charge in [-0.15, -0.1) is 0 Å². The molecule has 0 N–H and O–H groups in total. The summed E-state index contributed by atoms with van der Waals surface area (Å²) in [6.45, 7) is 2.04. The molecule has 0 spiro atoms. The molecule has 74 valence electrons. The van der Waals surface area contributed by atoms with Crippen LogP contribution in [0.3, 0.4) is 0 Å². The average molecular weight is 197 g/mol. The standard InChI is InChI=1S/C13H11NO/c1-9-10-4-2-3-5-11(10)15-12(9)13(8-14)6-7-13/h2-5H,6-7H2,1H3. The van der Waals surface area contributed by atoms with Crippen LogP contribution in [0.5, 0.6) is 0 Å². The molecule has 0 amide bonds. The van der Waals surface area contributed by atoms with Crippen LogP contribution in [0.25, 0.3) is 11.0 Å². The molecule has 1 aromatic heterocycles. The summed E-state index contributed by atoms with van der Waals surface area (Å²) in [6, 6.07) is 10.3. The van der Waals surface area contributed by atoms with Crippen LogP contribution >= 0.6 is 0 Å². The first-order valence-electron chi connectivity index (χ1n) is 5.17. The molecule has 1 heterocycles. The number of nitriles is 1. The molecule has 1 fully saturated rings. The van der Waals surface area contributed by atoms with E-state index in [1.807, 2.05) is 31.2 Å². The van der Waals surface area contributed by atoms with Crippen molar-refractivity contribution in [2.75, 3.05) is 0 Å². The highest BCUT2D eigenvalue weighted by atomic mass is 16.3. The molecule has 0 unspecified atom stereocenters. The fraction of sp³-hybridized carbons (Fsp3) is 0.308. The number of aryl methyl sites for hydroxylation is 1. The van der Waals surface area contributed by atoms with Gasteiger partial charge in [-0.05, 0) is 25.8 Å². The zero-order valence-electron chi connectivity index (χ0n) is 8.58. The van der Waals surface area contributed by atoms with Gasteiger partial charge in [0.2, 0.25) is 0 Å². The highest BCUT2D eigenvalue weighted by molar-refractivity contribution is 5.82. The van der Waals surface area contributed by atoms with Crippen molar-refractivity contribution >= 4 is 11.0 Å².